The molecule has 0 fully saturated rings. The summed E-state index contributed by atoms with van der Waals surface area (Å²) in [6.45, 7) is 0.189. The SMILES string of the molecule is O=C(NCc1cncc(-c2cccs2)c1)Nc1c(F)cccc1F. The van der Waals surface area contributed by atoms with E-state index >= 15 is 0 Å². The fraction of sp³-hybridized carbons (Fsp3) is 0.0588. The molecule has 0 aliphatic heterocycles. The molecule has 0 saturated carbocycles. The summed E-state index contributed by atoms with van der Waals surface area (Å²) in [6.07, 6.45) is 3.37. The number of nitrogens with zero attached hydrogens (tertiary/aromatic N) is 1. The van der Waals surface area contributed by atoms with Crippen molar-refractivity contribution in [2.75, 3.05) is 5.32 Å². The second-order valence-corrected chi connectivity index (χ2v) is 5.91. The molecule has 0 aliphatic rings. The molecular formula is C17H13F2N3OS. The highest BCUT2D eigenvalue weighted by Crippen LogP contribution is 2.24. The minimum Gasteiger partial charge on any atom is -0.334 e. The van der Waals surface area contributed by atoms with Gasteiger partial charge in [-0.2, -0.15) is 0 Å². The lowest BCUT2D eigenvalue weighted by molar-refractivity contribution is 0.251. The maximum atomic E-state index is 13.5. The fourth-order valence-corrected chi connectivity index (χ4v) is 2.83. The Morgan fingerprint density at radius 2 is 1.92 bits per heavy atom. The highest BCUT2D eigenvalue weighted by Gasteiger charge is 2.11. The molecule has 0 bridgehead atoms. The second kappa shape index (κ2) is 7.18. The number of para-hydroxylation sites is 1. The molecule has 0 aliphatic carbocycles. The third-order valence-electron chi connectivity index (χ3n) is 3.25. The molecule has 0 atom stereocenters. The number of nitrogens with one attached hydrogen (secondary N) is 2. The van der Waals surface area contributed by atoms with Crippen LogP contribution in [0.3, 0.4) is 0 Å². The van der Waals surface area contributed by atoms with Gasteiger partial charge in [0.25, 0.3) is 0 Å². The van der Waals surface area contributed by atoms with Gasteiger partial charge in [-0.3, -0.25) is 4.98 Å². The quantitative estimate of drug-likeness (QED) is 0.736. The Kier molecular flexibility index (Phi) is 4.81. The van der Waals surface area contributed by atoms with Crippen LogP contribution >= 0.6 is 11.3 Å². The second-order valence-electron chi connectivity index (χ2n) is 4.96. The van der Waals surface area contributed by atoms with E-state index in [0.717, 1.165) is 28.1 Å². The number of rotatable bonds is 4. The van der Waals surface area contributed by atoms with Crippen LogP contribution in [0.5, 0.6) is 0 Å². The molecule has 122 valence electrons. The minimum absolute atomic E-state index is 0.189. The van der Waals surface area contributed by atoms with Gasteiger partial charge in [0.1, 0.15) is 17.3 Å². The molecule has 7 heteroatoms. The Balaban J connectivity index is 1.64. The van der Waals surface area contributed by atoms with Crippen LogP contribution in [0.2, 0.25) is 0 Å². The van der Waals surface area contributed by atoms with Crippen molar-refractivity contribution >= 4 is 23.1 Å². The first kappa shape index (κ1) is 16.1. The Labute approximate surface area is 141 Å². The van der Waals surface area contributed by atoms with E-state index in [4.69, 9.17) is 0 Å². The maximum absolute atomic E-state index is 13.5. The Morgan fingerprint density at radius 3 is 2.62 bits per heavy atom. The number of hydrogen-bond acceptors (Lipinski definition) is 3. The summed E-state index contributed by atoms with van der Waals surface area (Å²) in [6, 6.07) is 8.52. The molecule has 0 saturated heterocycles. The molecule has 3 aromatic rings. The van der Waals surface area contributed by atoms with Crippen molar-refractivity contribution in [3.8, 4) is 10.4 Å². The highest BCUT2D eigenvalue weighted by molar-refractivity contribution is 7.13. The van der Waals surface area contributed by atoms with Crippen molar-refractivity contribution in [1.29, 1.82) is 0 Å². The molecule has 2 amide bonds. The maximum Gasteiger partial charge on any atom is 0.319 e. The Morgan fingerprint density at radius 1 is 1.12 bits per heavy atom. The van der Waals surface area contributed by atoms with Crippen molar-refractivity contribution in [3.63, 3.8) is 0 Å². The summed E-state index contributed by atoms with van der Waals surface area (Å²) < 4.78 is 27.0. The number of halogens is 2. The first-order valence-corrected chi connectivity index (χ1v) is 7.98. The number of hydrogen-bond donors (Lipinski definition) is 2. The standard InChI is InChI=1S/C17H13F2N3OS/c18-13-3-1-4-14(19)16(13)22-17(23)21-9-11-7-12(10-20-8-11)15-5-2-6-24-15/h1-8,10H,9H2,(H2,21,22,23). The number of aromatic nitrogens is 1. The zero-order valence-electron chi connectivity index (χ0n) is 12.4. The normalized spacial score (nSPS) is 10.4. The van der Waals surface area contributed by atoms with Crippen molar-refractivity contribution in [3.05, 3.63) is 71.4 Å². The molecule has 2 heterocycles. The monoisotopic (exact) mass is 345 g/mol. The lowest BCUT2D eigenvalue weighted by Gasteiger charge is -2.09. The van der Waals surface area contributed by atoms with Crippen LogP contribution in [0.25, 0.3) is 10.4 Å². The molecule has 4 nitrogen and oxygen atoms in total. The number of carbonyl (C=O) groups is 1. The van der Waals surface area contributed by atoms with E-state index in [2.05, 4.69) is 15.6 Å². The summed E-state index contributed by atoms with van der Waals surface area (Å²) in [4.78, 5) is 17.0. The van der Waals surface area contributed by atoms with Crippen LogP contribution < -0.4 is 10.6 Å². The van der Waals surface area contributed by atoms with Crippen LogP contribution in [-0.4, -0.2) is 11.0 Å². The van der Waals surface area contributed by atoms with Gasteiger partial charge in [-0.1, -0.05) is 12.1 Å². The lowest BCUT2D eigenvalue weighted by atomic mass is 10.2. The number of amides is 2. The van der Waals surface area contributed by atoms with E-state index in [1.165, 1.54) is 6.07 Å². The van der Waals surface area contributed by atoms with E-state index in [9.17, 15) is 13.6 Å². The summed E-state index contributed by atoms with van der Waals surface area (Å²) >= 11 is 1.59. The van der Waals surface area contributed by atoms with Gasteiger partial charge in [0.05, 0.1) is 0 Å². The van der Waals surface area contributed by atoms with E-state index in [0.29, 0.717) is 0 Å². The summed E-state index contributed by atoms with van der Waals surface area (Å²) in [7, 11) is 0. The van der Waals surface area contributed by atoms with Crippen LogP contribution in [0.15, 0.2) is 54.2 Å². The topological polar surface area (TPSA) is 54.0 Å². The van der Waals surface area contributed by atoms with Crippen molar-refractivity contribution in [2.24, 2.45) is 0 Å². The van der Waals surface area contributed by atoms with Gasteiger partial charge in [-0.05, 0) is 35.2 Å². The number of pyridine rings is 1. The van der Waals surface area contributed by atoms with E-state index in [-0.39, 0.29) is 6.54 Å². The average molecular weight is 345 g/mol. The number of anilines is 1. The summed E-state index contributed by atoms with van der Waals surface area (Å²) in [5, 5.41) is 6.70. The van der Waals surface area contributed by atoms with Crippen molar-refractivity contribution in [2.45, 2.75) is 6.54 Å². The summed E-state index contributed by atoms with van der Waals surface area (Å²) in [5.41, 5.74) is 1.26. The van der Waals surface area contributed by atoms with Crippen molar-refractivity contribution < 1.29 is 13.6 Å². The molecule has 24 heavy (non-hydrogen) atoms. The molecule has 3 rings (SSSR count). The van der Waals surface area contributed by atoms with Crippen LogP contribution in [0, 0.1) is 11.6 Å². The molecule has 2 aromatic heterocycles. The van der Waals surface area contributed by atoms with Gasteiger partial charge in [0, 0.05) is 29.4 Å². The van der Waals surface area contributed by atoms with Crippen LogP contribution in [-0.2, 0) is 6.54 Å². The highest BCUT2D eigenvalue weighted by atomic mass is 32.1. The smallest absolute Gasteiger partial charge is 0.319 e. The third kappa shape index (κ3) is 3.75. The van der Waals surface area contributed by atoms with E-state index in [1.54, 1.807) is 23.7 Å². The first-order valence-electron chi connectivity index (χ1n) is 7.10. The molecule has 0 spiro atoms. The van der Waals surface area contributed by atoms with Gasteiger partial charge in [-0.15, -0.1) is 11.3 Å². The van der Waals surface area contributed by atoms with Crippen LogP contribution in [0.4, 0.5) is 19.3 Å². The molecule has 1 aromatic carbocycles. The number of thiophene rings is 1. The van der Waals surface area contributed by atoms with Gasteiger partial charge in [0.2, 0.25) is 0 Å². The number of carbonyl (C=O) groups excluding carboxylic acids is 1. The Bertz CT molecular complexity index is 833. The molecule has 0 radical (unpaired) electrons. The third-order valence-corrected chi connectivity index (χ3v) is 4.17. The van der Waals surface area contributed by atoms with Crippen LogP contribution in [0.1, 0.15) is 5.56 Å². The number of benzene rings is 1. The zero-order chi connectivity index (χ0) is 16.9. The van der Waals surface area contributed by atoms with Gasteiger partial charge < -0.3 is 10.6 Å². The van der Waals surface area contributed by atoms with Gasteiger partial charge in [-0.25, -0.2) is 13.6 Å². The summed E-state index contributed by atoms with van der Waals surface area (Å²) in [5.74, 6) is -1.65. The van der Waals surface area contributed by atoms with Crippen molar-refractivity contribution in [1.82, 2.24) is 10.3 Å². The van der Waals surface area contributed by atoms with E-state index in [1.807, 2.05) is 23.6 Å². The predicted octanol–water partition coefficient (Wildman–Crippen LogP) is 4.41. The van der Waals surface area contributed by atoms with Gasteiger partial charge in [0.15, 0.2) is 0 Å². The number of urea groups is 1. The largest absolute Gasteiger partial charge is 0.334 e. The molecular weight excluding hydrogens is 332 g/mol. The lowest BCUT2D eigenvalue weighted by Crippen LogP contribution is -2.29. The van der Waals surface area contributed by atoms with Gasteiger partial charge >= 0.3 is 6.03 Å². The zero-order valence-corrected chi connectivity index (χ0v) is 13.2. The fourth-order valence-electron chi connectivity index (χ4n) is 2.12. The predicted molar refractivity (Wildman–Crippen MR) is 89.8 cm³/mol. The average Bonchev–Trinajstić information content (AvgIpc) is 3.11. The molecule has 2 N–H and O–H groups in total. The van der Waals surface area contributed by atoms with E-state index < -0.39 is 23.4 Å². The Hall–Kier alpha value is -2.80. The minimum atomic E-state index is -0.827. The molecule has 0 unspecified atom stereocenters. The first-order chi connectivity index (χ1) is 11.6.